The number of nitrogens with one attached hydrogen (secondary N) is 1. The van der Waals surface area contributed by atoms with Gasteiger partial charge in [0.05, 0.1) is 5.69 Å². The van der Waals surface area contributed by atoms with Crippen molar-refractivity contribution in [2.45, 2.75) is 6.92 Å². The Morgan fingerprint density at radius 1 is 1.37 bits per heavy atom. The molecule has 0 bridgehead atoms. The number of aromatic amines is 1. The normalized spacial score (nSPS) is 10.2. The second kappa shape index (κ2) is 5.19. The zero-order valence-electron chi connectivity index (χ0n) is 10.7. The average Bonchev–Trinajstić information content (AvgIpc) is 2.38. The number of anilines is 1. The van der Waals surface area contributed by atoms with Crippen LogP contribution in [0.4, 0.5) is 5.69 Å². The summed E-state index contributed by atoms with van der Waals surface area (Å²) in [5, 5.41) is 6.81. The van der Waals surface area contributed by atoms with Crippen LogP contribution in [0, 0.1) is 6.92 Å². The number of aryl methyl sites for hydroxylation is 1. The molecule has 0 amide bonds. The van der Waals surface area contributed by atoms with Crippen molar-refractivity contribution >= 4 is 23.0 Å². The second-order valence-electron chi connectivity index (χ2n) is 4.21. The van der Waals surface area contributed by atoms with E-state index in [1.165, 1.54) is 6.07 Å². The van der Waals surface area contributed by atoms with E-state index in [1.807, 2.05) is 31.2 Å². The molecule has 1 heterocycles. The summed E-state index contributed by atoms with van der Waals surface area (Å²) >= 11 is 4.91. The van der Waals surface area contributed by atoms with Crippen LogP contribution in [-0.2, 0) is 0 Å². The zero-order valence-corrected chi connectivity index (χ0v) is 11.5. The minimum atomic E-state index is -0.203. The first-order chi connectivity index (χ1) is 8.99. The minimum Gasteiger partial charge on any atom is -0.376 e. The monoisotopic (exact) mass is 274 g/mol. The molecule has 0 spiro atoms. The van der Waals surface area contributed by atoms with Crippen LogP contribution in [0.25, 0.3) is 11.3 Å². The van der Waals surface area contributed by atoms with Gasteiger partial charge in [-0.1, -0.05) is 12.1 Å². The number of hydrogen-bond acceptors (Lipinski definition) is 3. The number of thiocarbonyl (C=S) groups is 1. The van der Waals surface area contributed by atoms with Crippen LogP contribution in [0.15, 0.2) is 35.1 Å². The van der Waals surface area contributed by atoms with E-state index in [0.717, 1.165) is 22.5 Å². The summed E-state index contributed by atoms with van der Waals surface area (Å²) in [6, 6.07) is 9.16. The zero-order chi connectivity index (χ0) is 14.0. The predicted molar refractivity (Wildman–Crippen MR) is 80.2 cm³/mol. The molecule has 0 aliphatic rings. The van der Waals surface area contributed by atoms with Gasteiger partial charge in [0.15, 0.2) is 5.11 Å². The molecule has 3 N–H and O–H groups in total. The Bertz CT molecular complexity index is 663. The largest absolute Gasteiger partial charge is 0.376 e. The lowest BCUT2D eigenvalue weighted by molar-refractivity contribution is 0.981. The van der Waals surface area contributed by atoms with Gasteiger partial charge in [-0.25, -0.2) is 5.10 Å². The minimum absolute atomic E-state index is 0.203. The first kappa shape index (κ1) is 13.2. The van der Waals surface area contributed by atoms with Crippen molar-refractivity contribution in [3.63, 3.8) is 0 Å². The van der Waals surface area contributed by atoms with Gasteiger partial charge in [-0.15, -0.1) is 0 Å². The third-order valence-electron chi connectivity index (χ3n) is 2.86. The Morgan fingerprint density at radius 2 is 2.00 bits per heavy atom. The lowest BCUT2D eigenvalue weighted by Crippen LogP contribution is -2.31. The number of aromatic nitrogens is 2. The van der Waals surface area contributed by atoms with E-state index in [1.54, 1.807) is 11.9 Å². The molecule has 5 nitrogen and oxygen atoms in total. The molecule has 98 valence electrons. The van der Waals surface area contributed by atoms with Crippen molar-refractivity contribution in [3.05, 3.63) is 46.2 Å². The van der Waals surface area contributed by atoms with Gasteiger partial charge in [0.2, 0.25) is 0 Å². The fourth-order valence-electron chi connectivity index (χ4n) is 1.76. The highest BCUT2D eigenvalue weighted by molar-refractivity contribution is 7.80. The molecule has 0 atom stereocenters. The lowest BCUT2D eigenvalue weighted by atomic mass is 10.1. The van der Waals surface area contributed by atoms with Crippen LogP contribution < -0.4 is 16.2 Å². The van der Waals surface area contributed by atoms with Crippen molar-refractivity contribution in [2.75, 3.05) is 11.9 Å². The first-order valence-electron chi connectivity index (χ1n) is 5.69. The summed E-state index contributed by atoms with van der Waals surface area (Å²) in [6.45, 7) is 1.85. The fraction of sp³-hybridized carbons (Fsp3) is 0.154. The van der Waals surface area contributed by atoms with E-state index in [0.29, 0.717) is 5.11 Å². The van der Waals surface area contributed by atoms with Crippen LogP contribution >= 0.6 is 12.2 Å². The highest BCUT2D eigenvalue weighted by atomic mass is 32.1. The molecule has 19 heavy (non-hydrogen) atoms. The van der Waals surface area contributed by atoms with E-state index < -0.39 is 0 Å². The van der Waals surface area contributed by atoms with Gasteiger partial charge < -0.3 is 10.6 Å². The van der Waals surface area contributed by atoms with Crippen molar-refractivity contribution in [2.24, 2.45) is 5.73 Å². The number of rotatable bonds is 2. The average molecular weight is 274 g/mol. The van der Waals surface area contributed by atoms with Crippen molar-refractivity contribution in [1.29, 1.82) is 0 Å². The molecule has 0 saturated heterocycles. The summed E-state index contributed by atoms with van der Waals surface area (Å²) in [5.74, 6) is 0. The molecule has 0 aliphatic carbocycles. The smallest absolute Gasteiger partial charge is 0.264 e. The van der Waals surface area contributed by atoms with E-state index in [9.17, 15) is 4.79 Å². The van der Waals surface area contributed by atoms with E-state index in [4.69, 9.17) is 18.0 Å². The summed E-state index contributed by atoms with van der Waals surface area (Å²) in [7, 11) is 1.81. The van der Waals surface area contributed by atoms with E-state index >= 15 is 0 Å². The van der Waals surface area contributed by atoms with Gasteiger partial charge >= 0.3 is 0 Å². The third kappa shape index (κ3) is 2.79. The molecular weight excluding hydrogens is 260 g/mol. The molecule has 6 heteroatoms. The van der Waals surface area contributed by atoms with Gasteiger partial charge in [0.25, 0.3) is 5.56 Å². The Hall–Kier alpha value is -2.21. The first-order valence-corrected chi connectivity index (χ1v) is 6.10. The summed E-state index contributed by atoms with van der Waals surface area (Å²) in [4.78, 5) is 12.9. The van der Waals surface area contributed by atoms with Crippen molar-refractivity contribution in [3.8, 4) is 11.3 Å². The van der Waals surface area contributed by atoms with Crippen molar-refractivity contribution in [1.82, 2.24) is 10.2 Å². The molecule has 0 unspecified atom stereocenters. The molecule has 1 aromatic heterocycles. The maximum Gasteiger partial charge on any atom is 0.264 e. The van der Waals surface area contributed by atoms with Crippen LogP contribution in [0.1, 0.15) is 5.56 Å². The maximum absolute atomic E-state index is 11.1. The summed E-state index contributed by atoms with van der Waals surface area (Å²) < 4.78 is 0. The Morgan fingerprint density at radius 3 is 2.53 bits per heavy atom. The lowest BCUT2D eigenvalue weighted by Gasteiger charge is -2.17. The number of nitrogens with two attached hydrogens (primary N) is 1. The molecule has 0 fully saturated rings. The molecule has 0 aliphatic heterocycles. The molecular formula is C13H14N4OS. The summed E-state index contributed by atoms with van der Waals surface area (Å²) in [5.41, 5.74) is 8.77. The van der Waals surface area contributed by atoms with Crippen LogP contribution in [0.3, 0.4) is 0 Å². The van der Waals surface area contributed by atoms with E-state index in [-0.39, 0.29) is 5.56 Å². The highest BCUT2D eigenvalue weighted by Gasteiger charge is 2.07. The quantitative estimate of drug-likeness (QED) is 0.810. The molecule has 0 radical (unpaired) electrons. The number of benzene rings is 1. The Labute approximate surface area is 116 Å². The fourth-order valence-corrected chi connectivity index (χ4v) is 1.86. The van der Waals surface area contributed by atoms with Gasteiger partial charge in [-0.05, 0) is 36.8 Å². The molecule has 2 rings (SSSR count). The molecule has 1 aromatic carbocycles. The standard InChI is InChI=1S/C13H14N4OS/c1-8-7-11(18)15-16-12(8)9-3-5-10(6-4-9)17(2)13(14)19/h3-7H,1-2H3,(H2,14,19)(H,15,18). The van der Waals surface area contributed by atoms with Gasteiger partial charge in [-0.2, -0.15) is 5.10 Å². The number of hydrogen-bond donors (Lipinski definition) is 2. The maximum atomic E-state index is 11.1. The molecule has 2 aromatic rings. The Balaban J connectivity index is 2.37. The van der Waals surface area contributed by atoms with Gasteiger partial charge in [0, 0.05) is 24.4 Å². The highest BCUT2D eigenvalue weighted by Crippen LogP contribution is 2.22. The van der Waals surface area contributed by atoms with E-state index in [2.05, 4.69) is 10.2 Å². The number of H-pyrrole nitrogens is 1. The Kier molecular flexibility index (Phi) is 3.62. The predicted octanol–water partition coefficient (Wildman–Crippen LogP) is 1.43. The van der Waals surface area contributed by atoms with Gasteiger partial charge in [0.1, 0.15) is 0 Å². The van der Waals surface area contributed by atoms with Gasteiger partial charge in [-0.3, -0.25) is 4.79 Å². The van der Waals surface area contributed by atoms with Crippen molar-refractivity contribution < 1.29 is 0 Å². The molecule has 0 saturated carbocycles. The second-order valence-corrected chi connectivity index (χ2v) is 4.63. The summed E-state index contributed by atoms with van der Waals surface area (Å²) in [6.07, 6.45) is 0. The third-order valence-corrected chi connectivity index (χ3v) is 3.13. The van der Waals surface area contributed by atoms with Crippen LogP contribution in [0.5, 0.6) is 0 Å². The SMILES string of the molecule is Cc1cc(=O)[nH]nc1-c1ccc(N(C)C(N)=S)cc1. The van der Waals surface area contributed by atoms with Crippen LogP contribution in [0.2, 0.25) is 0 Å². The van der Waals surface area contributed by atoms with Crippen LogP contribution in [-0.4, -0.2) is 22.4 Å². The topological polar surface area (TPSA) is 75.0 Å². The number of nitrogens with zero attached hydrogens (tertiary/aromatic N) is 2.